The van der Waals surface area contributed by atoms with E-state index in [2.05, 4.69) is 153 Å². The van der Waals surface area contributed by atoms with E-state index in [9.17, 15) is 30.3 Å². The first-order valence-electron chi connectivity index (χ1n) is 31.1. The minimum absolute atomic E-state index is 0.203. The van der Waals surface area contributed by atoms with Crippen LogP contribution in [0.5, 0.6) is 0 Å². The van der Waals surface area contributed by atoms with E-state index in [-0.39, 0.29) is 12.5 Å². The molecule has 9 heteroatoms. The largest absolute Gasteiger partial charge is 0.394 e. The summed E-state index contributed by atoms with van der Waals surface area (Å²) >= 11 is 0. The number of hydrogen-bond acceptors (Lipinski definition) is 8. The SMILES string of the molecule is CC/C=C\C/C=C\C/C=C\C/C=C\C/C=C\C/C=C\C/C=C\C/C=C\C/C=C\CCCCCCCCCCCC(=O)NC(COC1OC(CO)C(O)C(O)C1O)C(O)/C=C/CC/C=C/CC/C=C/CCCCCCCCCC. The lowest BCUT2D eigenvalue weighted by atomic mass is 9.99. The molecule has 78 heavy (non-hydrogen) atoms. The highest BCUT2D eigenvalue weighted by Gasteiger charge is 2.44. The number of hydrogen-bond donors (Lipinski definition) is 6. The molecule has 7 unspecified atom stereocenters. The third-order valence-electron chi connectivity index (χ3n) is 13.6. The van der Waals surface area contributed by atoms with Gasteiger partial charge in [0.25, 0.3) is 0 Å². The molecule has 0 aliphatic carbocycles. The molecule has 1 aliphatic rings. The van der Waals surface area contributed by atoms with Crippen molar-refractivity contribution in [2.75, 3.05) is 13.2 Å². The van der Waals surface area contributed by atoms with Crippen molar-refractivity contribution < 1.29 is 39.8 Å². The van der Waals surface area contributed by atoms with Crippen LogP contribution in [-0.2, 0) is 14.3 Å². The van der Waals surface area contributed by atoms with E-state index in [0.717, 1.165) is 122 Å². The minimum Gasteiger partial charge on any atom is -0.394 e. The number of aliphatic hydroxyl groups is 5. The van der Waals surface area contributed by atoms with Crippen LogP contribution < -0.4 is 5.32 Å². The number of carbonyl (C=O) groups is 1. The minimum atomic E-state index is -1.58. The Hall–Kier alpha value is -3.93. The fraction of sp³-hybridized carbons (Fsp3) is 0.638. The molecule has 0 aromatic carbocycles. The molecular weight excluding hydrogens is 971 g/mol. The van der Waals surface area contributed by atoms with Crippen molar-refractivity contribution in [3.05, 3.63) is 146 Å². The molecule has 1 heterocycles. The fourth-order valence-electron chi connectivity index (χ4n) is 8.77. The summed E-state index contributed by atoms with van der Waals surface area (Å²) in [6.45, 7) is 3.63. The first-order chi connectivity index (χ1) is 38.3. The molecule has 1 aliphatic heterocycles. The molecule has 0 spiro atoms. The maximum Gasteiger partial charge on any atom is 0.220 e. The summed E-state index contributed by atoms with van der Waals surface area (Å²) in [6, 6.07) is -0.842. The molecule has 9 nitrogen and oxygen atoms in total. The summed E-state index contributed by atoms with van der Waals surface area (Å²) in [7, 11) is 0. The van der Waals surface area contributed by atoms with Gasteiger partial charge in [0, 0.05) is 6.42 Å². The lowest BCUT2D eigenvalue weighted by Gasteiger charge is -2.40. The lowest BCUT2D eigenvalue weighted by Crippen LogP contribution is -2.60. The second kappa shape index (κ2) is 56.3. The number of unbranched alkanes of at least 4 members (excludes halogenated alkanes) is 19. The average Bonchev–Trinajstić information content (AvgIpc) is 3.45. The van der Waals surface area contributed by atoms with Crippen molar-refractivity contribution in [2.24, 2.45) is 0 Å². The molecule has 1 amide bonds. The summed E-state index contributed by atoms with van der Waals surface area (Å²) in [5.41, 5.74) is 0. The van der Waals surface area contributed by atoms with Crippen LogP contribution in [0.25, 0.3) is 0 Å². The number of ether oxygens (including phenoxy) is 2. The molecule has 0 radical (unpaired) electrons. The quantitative estimate of drug-likeness (QED) is 0.0261. The van der Waals surface area contributed by atoms with Gasteiger partial charge in [0.2, 0.25) is 5.91 Å². The maximum atomic E-state index is 13.1. The Morgan fingerprint density at radius 3 is 1.23 bits per heavy atom. The van der Waals surface area contributed by atoms with Crippen LogP contribution in [0.2, 0.25) is 0 Å². The van der Waals surface area contributed by atoms with Crippen LogP contribution in [0.1, 0.15) is 226 Å². The second-order valence-electron chi connectivity index (χ2n) is 20.7. The third kappa shape index (κ3) is 44.9. The Morgan fingerprint density at radius 2 is 0.808 bits per heavy atom. The normalized spacial score (nSPS) is 19.7. The number of carbonyl (C=O) groups excluding carboxylic acids is 1. The first-order valence-corrected chi connectivity index (χ1v) is 31.1. The molecular formula is C69H113NO8. The third-order valence-corrected chi connectivity index (χ3v) is 13.6. The Balaban J connectivity index is 2.21. The van der Waals surface area contributed by atoms with Gasteiger partial charge < -0.3 is 40.3 Å². The molecule has 442 valence electrons. The zero-order valence-electron chi connectivity index (χ0n) is 49.1. The monoisotopic (exact) mass is 1080 g/mol. The van der Waals surface area contributed by atoms with Gasteiger partial charge in [-0.25, -0.2) is 0 Å². The molecule has 0 aromatic rings. The van der Waals surface area contributed by atoms with E-state index in [4.69, 9.17) is 9.47 Å². The van der Waals surface area contributed by atoms with Gasteiger partial charge in [-0.05, 0) is 116 Å². The van der Waals surface area contributed by atoms with Gasteiger partial charge in [-0.15, -0.1) is 0 Å². The molecule has 6 N–H and O–H groups in total. The second-order valence-corrected chi connectivity index (χ2v) is 20.7. The number of nitrogens with one attached hydrogen (secondary N) is 1. The topological polar surface area (TPSA) is 149 Å². The molecule has 1 saturated heterocycles. The highest BCUT2D eigenvalue weighted by molar-refractivity contribution is 5.76. The number of rotatable bonds is 51. The Labute approximate surface area is 476 Å². The van der Waals surface area contributed by atoms with Gasteiger partial charge in [0.05, 0.1) is 25.4 Å². The van der Waals surface area contributed by atoms with Crippen LogP contribution in [0.15, 0.2) is 146 Å². The highest BCUT2D eigenvalue weighted by Crippen LogP contribution is 2.23. The smallest absolute Gasteiger partial charge is 0.220 e. The van der Waals surface area contributed by atoms with Crippen LogP contribution in [0, 0.1) is 0 Å². The van der Waals surface area contributed by atoms with Crippen LogP contribution >= 0.6 is 0 Å². The molecule has 0 saturated carbocycles. The van der Waals surface area contributed by atoms with Gasteiger partial charge in [-0.3, -0.25) is 4.79 Å². The van der Waals surface area contributed by atoms with Crippen molar-refractivity contribution in [1.29, 1.82) is 0 Å². The standard InChI is InChI=1S/C69H113NO8/c1-3-5-7-9-11-13-15-17-19-21-23-24-25-26-27-28-29-30-31-32-33-34-35-36-37-38-39-40-41-43-45-47-49-51-53-55-57-59-65(73)70-62(61-77-69-68(76)67(75)66(74)64(60-71)78-69)63(72)58-56-54-52-50-48-46-44-42-22-20-18-16-14-12-10-8-6-4-2/h5,7,11,13,17,19,22-24,26-27,29-30,32-33,35-36,38-39,42,48,50,56,58,62-64,66-69,71-72,74-76H,3-4,6,8-10,12,14-16,18,20-21,25,28,31,34,37,40-41,43-47,49,51-55,57,59-61H2,1-2H3,(H,70,73)/b7-5-,13-11-,19-17-,24-23-,27-26-,30-29-,33-32-,36-35-,39-38-,42-22+,50-48+,58-56+. The summed E-state index contributed by atoms with van der Waals surface area (Å²) in [5.74, 6) is -0.203. The van der Waals surface area contributed by atoms with Crippen LogP contribution in [0.4, 0.5) is 0 Å². The molecule has 1 fully saturated rings. The number of allylic oxidation sites excluding steroid dienone is 23. The number of aliphatic hydroxyl groups excluding tert-OH is 5. The Morgan fingerprint density at radius 1 is 0.449 bits per heavy atom. The molecule has 7 atom stereocenters. The van der Waals surface area contributed by atoms with Gasteiger partial charge in [0.15, 0.2) is 6.29 Å². The summed E-state index contributed by atoms with van der Waals surface area (Å²) in [6.07, 6.45) is 80.6. The van der Waals surface area contributed by atoms with E-state index in [1.807, 2.05) is 6.08 Å². The van der Waals surface area contributed by atoms with Crippen molar-refractivity contribution >= 4 is 5.91 Å². The summed E-state index contributed by atoms with van der Waals surface area (Å²) in [4.78, 5) is 13.1. The van der Waals surface area contributed by atoms with Crippen molar-refractivity contribution in [1.82, 2.24) is 5.32 Å². The molecule has 0 aromatic heterocycles. The maximum absolute atomic E-state index is 13.1. The lowest BCUT2D eigenvalue weighted by molar-refractivity contribution is -0.302. The predicted molar refractivity (Wildman–Crippen MR) is 331 cm³/mol. The van der Waals surface area contributed by atoms with Crippen LogP contribution in [0.3, 0.4) is 0 Å². The van der Waals surface area contributed by atoms with E-state index < -0.39 is 49.5 Å². The van der Waals surface area contributed by atoms with E-state index in [0.29, 0.717) is 6.42 Å². The van der Waals surface area contributed by atoms with Gasteiger partial charge in [-0.1, -0.05) is 250 Å². The van der Waals surface area contributed by atoms with E-state index in [1.165, 1.54) is 83.5 Å². The Bertz CT molecular complexity index is 1730. The van der Waals surface area contributed by atoms with Crippen molar-refractivity contribution in [2.45, 2.75) is 269 Å². The zero-order valence-corrected chi connectivity index (χ0v) is 49.1. The van der Waals surface area contributed by atoms with E-state index in [1.54, 1.807) is 6.08 Å². The van der Waals surface area contributed by atoms with Crippen molar-refractivity contribution in [3.63, 3.8) is 0 Å². The first kappa shape index (κ1) is 72.1. The zero-order chi connectivity index (χ0) is 56.5. The average molecular weight is 1080 g/mol. The summed E-state index contributed by atoms with van der Waals surface area (Å²) in [5, 5.41) is 54.5. The predicted octanol–water partition coefficient (Wildman–Crippen LogP) is 16.2. The van der Waals surface area contributed by atoms with E-state index >= 15 is 0 Å². The highest BCUT2D eigenvalue weighted by atomic mass is 16.7. The van der Waals surface area contributed by atoms with Crippen LogP contribution in [-0.4, -0.2) is 87.5 Å². The van der Waals surface area contributed by atoms with Gasteiger partial charge in [0.1, 0.15) is 24.4 Å². The number of amides is 1. The fourth-order valence-corrected chi connectivity index (χ4v) is 8.77. The molecule has 0 bridgehead atoms. The summed E-state index contributed by atoms with van der Waals surface area (Å²) < 4.78 is 11.3. The molecule has 1 rings (SSSR count). The van der Waals surface area contributed by atoms with Crippen molar-refractivity contribution in [3.8, 4) is 0 Å². The Kier molecular flexibility index (Phi) is 52.1. The van der Waals surface area contributed by atoms with Gasteiger partial charge >= 0.3 is 0 Å². The van der Waals surface area contributed by atoms with Gasteiger partial charge in [-0.2, -0.15) is 0 Å².